The second-order valence-electron chi connectivity index (χ2n) is 10.8. The summed E-state index contributed by atoms with van der Waals surface area (Å²) in [6, 6.07) is 9.31. The smallest absolute Gasteiger partial charge is 0.416 e. The molecular formula is C29H33F3N6O4S. The van der Waals surface area contributed by atoms with Gasteiger partial charge in [-0.05, 0) is 70.6 Å². The molecule has 2 aliphatic heterocycles. The number of anilines is 3. The minimum absolute atomic E-state index is 0.101. The maximum Gasteiger partial charge on any atom is 0.416 e. The molecule has 1 saturated heterocycles. The Kier molecular flexibility index (Phi) is 9.28. The average Bonchev–Trinajstić information content (AvgIpc) is 2.99. The standard InChI is InChI=1S/C29H33F3N6O4S/c1-28(2,42-43)41-15-4-3-14-40-24-12-6-11-23(34-24)35-27(39)38-21-10-7-13-37(18-21)22-17-33-25(36-26(22)38)19-8-5-9-20(16-19)29(30,31)32/h5-6,8-9,11-12,16-17,21,43H,3-4,7,10,13-15,18H2,1-2H3,(H,34,35,39)/t21-/m0/s1. The molecule has 2 aliphatic rings. The van der Waals surface area contributed by atoms with E-state index in [1.165, 1.54) is 12.1 Å². The molecule has 1 atom stereocenters. The Morgan fingerprint density at radius 3 is 2.70 bits per heavy atom. The number of fused-ring (bicyclic) bond motifs is 4. The molecule has 0 aliphatic carbocycles. The summed E-state index contributed by atoms with van der Waals surface area (Å²) in [7, 11) is 0. The lowest BCUT2D eigenvalue weighted by Crippen LogP contribution is -2.56. The summed E-state index contributed by atoms with van der Waals surface area (Å²) in [5.41, 5.74) is 0.0656. The number of amides is 2. The molecule has 1 N–H and O–H groups in total. The van der Waals surface area contributed by atoms with E-state index in [0.29, 0.717) is 43.0 Å². The highest BCUT2D eigenvalue weighted by molar-refractivity contribution is 7.75. The quantitative estimate of drug-likeness (QED) is 0.117. The summed E-state index contributed by atoms with van der Waals surface area (Å²) in [6.07, 6.45) is 0.159. The number of alkyl halides is 3. The zero-order chi connectivity index (χ0) is 30.6. The van der Waals surface area contributed by atoms with Crippen LogP contribution in [-0.2, 0) is 15.1 Å². The molecular weight excluding hydrogens is 585 g/mol. The van der Waals surface area contributed by atoms with Gasteiger partial charge in [-0.25, -0.2) is 14.8 Å². The van der Waals surface area contributed by atoms with E-state index in [-0.39, 0.29) is 17.4 Å². The number of urea groups is 1. The number of aromatic nitrogens is 3. The van der Waals surface area contributed by atoms with Crippen molar-refractivity contribution in [3.63, 3.8) is 0 Å². The molecule has 3 aromatic rings. The lowest BCUT2D eigenvalue weighted by molar-refractivity contribution is -0.146. The van der Waals surface area contributed by atoms with Crippen LogP contribution >= 0.6 is 12.9 Å². The number of rotatable bonds is 10. The molecule has 14 heteroatoms. The van der Waals surface area contributed by atoms with Gasteiger partial charge in [0.2, 0.25) is 5.88 Å². The van der Waals surface area contributed by atoms with Gasteiger partial charge in [0.25, 0.3) is 0 Å². The van der Waals surface area contributed by atoms with E-state index in [1.54, 1.807) is 43.1 Å². The maximum atomic E-state index is 13.7. The van der Waals surface area contributed by atoms with E-state index in [1.807, 2.05) is 0 Å². The molecule has 2 bridgehead atoms. The number of nitrogens with zero attached hydrogens (tertiary/aromatic N) is 5. The van der Waals surface area contributed by atoms with Gasteiger partial charge >= 0.3 is 12.2 Å². The number of pyridine rings is 1. The van der Waals surface area contributed by atoms with Crippen LogP contribution in [0.4, 0.5) is 35.3 Å². The number of thiol groups is 1. The van der Waals surface area contributed by atoms with Crippen LogP contribution in [0.5, 0.6) is 5.88 Å². The number of piperidine rings is 1. The summed E-state index contributed by atoms with van der Waals surface area (Å²) in [6.45, 7) is 5.81. The zero-order valence-electron chi connectivity index (χ0n) is 23.8. The van der Waals surface area contributed by atoms with E-state index in [0.717, 1.165) is 44.4 Å². The summed E-state index contributed by atoms with van der Waals surface area (Å²) >= 11 is 3.79. The van der Waals surface area contributed by atoms with Crippen molar-refractivity contribution in [2.45, 2.75) is 57.5 Å². The van der Waals surface area contributed by atoms with Crippen molar-refractivity contribution in [1.29, 1.82) is 0 Å². The van der Waals surface area contributed by atoms with Gasteiger partial charge in [-0.3, -0.25) is 14.4 Å². The Bertz CT molecular complexity index is 1440. The molecule has 0 spiro atoms. The highest BCUT2D eigenvalue weighted by Crippen LogP contribution is 2.39. The molecule has 1 fully saturated rings. The summed E-state index contributed by atoms with van der Waals surface area (Å²) in [5, 5.41) is 2.85. The number of hydrogen-bond acceptors (Lipinski definition) is 9. The van der Waals surface area contributed by atoms with Gasteiger partial charge in [0.1, 0.15) is 5.82 Å². The molecule has 0 unspecified atom stereocenters. The van der Waals surface area contributed by atoms with Crippen molar-refractivity contribution >= 4 is 36.3 Å². The molecule has 0 saturated carbocycles. The molecule has 5 rings (SSSR count). The predicted molar refractivity (Wildman–Crippen MR) is 158 cm³/mol. The van der Waals surface area contributed by atoms with Crippen LogP contribution in [0.25, 0.3) is 11.4 Å². The molecule has 2 amide bonds. The number of benzene rings is 1. The van der Waals surface area contributed by atoms with Crippen LogP contribution in [0.2, 0.25) is 0 Å². The number of hydrogen-bond donors (Lipinski definition) is 2. The number of carbonyl (C=O) groups excluding carboxylic acids is 1. The first-order valence-corrected chi connectivity index (χ1v) is 14.4. The number of ether oxygens (including phenoxy) is 2. The van der Waals surface area contributed by atoms with E-state index in [4.69, 9.17) is 13.7 Å². The van der Waals surface area contributed by atoms with Crippen molar-refractivity contribution < 1.29 is 31.6 Å². The molecule has 4 heterocycles. The van der Waals surface area contributed by atoms with E-state index in [9.17, 15) is 18.0 Å². The Labute approximate surface area is 253 Å². The number of unbranched alkanes of at least 4 members (excludes halogenated alkanes) is 1. The third-order valence-electron chi connectivity index (χ3n) is 7.16. The number of carbonyl (C=O) groups is 1. The molecule has 0 radical (unpaired) electrons. The highest BCUT2D eigenvalue weighted by Gasteiger charge is 2.39. The minimum Gasteiger partial charge on any atom is -0.478 e. The van der Waals surface area contributed by atoms with Crippen molar-refractivity contribution in [2.24, 2.45) is 0 Å². The number of nitrogens with one attached hydrogen (secondary N) is 1. The first-order chi connectivity index (χ1) is 20.5. The van der Waals surface area contributed by atoms with Crippen molar-refractivity contribution in [3.05, 3.63) is 54.2 Å². The molecule has 43 heavy (non-hydrogen) atoms. The lowest BCUT2D eigenvalue weighted by atomic mass is 10.0. The monoisotopic (exact) mass is 618 g/mol. The van der Waals surface area contributed by atoms with E-state index in [2.05, 4.69) is 38.1 Å². The van der Waals surface area contributed by atoms with Gasteiger partial charge in [0.05, 0.1) is 36.7 Å². The molecule has 10 nitrogen and oxygen atoms in total. The van der Waals surface area contributed by atoms with Crippen molar-refractivity contribution in [3.8, 4) is 17.3 Å². The van der Waals surface area contributed by atoms with Gasteiger partial charge in [-0.15, -0.1) is 0 Å². The van der Waals surface area contributed by atoms with Crippen molar-refractivity contribution in [2.75, 3.05) is 41.4 Å². The summed E-state index contributed by atoms with van der Waals surface area (Å²) in [5.74, 6) is 0.330. The predicted octanol–water partition coefficient (Wildman–Crippen LogP) is 6.35. The largest absolute Gasteiger partial charge is 0.478 e. The van der Waals surface area contributed by atoms with Gasteiger partial charge in [-0.1, -0.05) is 18.2 Å². The Morgan fingerprint density at radius 1 is 1.12 bits per heavy atom. The fourth-order valence-corrected chi connectivity index (χ4v) is 5.07. The molecule has 2 aromatic heterocycles. The van der Waals surface area contributed by atoms with Crippen LogP contribution < -0.4 is 19.9 Å². The minimum atomic E-state index is -4.50. The molecule has 230 valence electrons. The van der Waals surface area contributed by atoms with Gasteiger partial charge in [-0.2, -0.15) is 18.2 Å². The van der Waals surface area contributed by atoms with Crippen molar-refractivity contribution in [1.82, 2.24) is 15.0 Å². The third-order valence-corrected chi connectivity index (χ3v) is 7.60. The van der Waals surface area contributed by atoms with E-state index >= 15 is 0 Å². The van der Waals surface area contributed by atoms with Gasteiger partial charge in [0.15, 0.2) is 17.4 Å². The maximum absolute atomic E-state index is 13.7. The zero-order valence-corrected chi connectivity index (χ0v) is 24.7. The van der Waals surface area contributed by atoms with Crippen LogP contribution in [0, 0.1) is 0 Å². The fourth-order valence-electron chi connectivity index (χ4n) is 5.02. The Hall–Kier alpha value is -3.62. The van der Waals surface area contributed by atoms with Gasteiger partial charge < -0.3 is 14.4 Å². The topological polar surface area (TPSA) is 102 Å². The fraction of sp³-hybridized carbons (Fsp3) is 0.448. The van der Waals surface area contributed by atoms with E-state index < -0.39 is 23.6 Å². The van der Waals surface area contributed by atoms with Crippen LogP contribution in [-0.4, -0.2) is 59.1 Å². The van der Waals surface area contributed by atoms with Crippen LogP contribution in [0.1, 0.15) is 45.1 Å². The molecule has 1 aromatic carbocycles. The average molecular weight is 619 g/mol. The third kappa shape index (κ3) is 7.48. The second kappa shape index (κ2) is 12.9. The SMILES string of the molecule is CC(C)(OS)OCCCCOc1cccc(NC(=O)N2c3nc(-c4cccc(C(F)(F)F)c4)ncc3N3CCC[C@H]2C3)n1. The highest BCUT2D eigenvalue weighted by atomic mass is 32.1. The van der Waals surface area contributed by atoms with Gasteiger partial charge in [0, 0.05) is 24.7 Å². The lowest BCUT2D eigenvalue weighted by Gasteiger charge is -2.45. The Balaban J connectivity index is 1.29. The summed E-state index contributed by atoms with van der Waals surface area (Å²) < 4.78 is 56.3. The normalized spacial score (nSPS) is 16.6. The first-order valence-electron chi connectivity index (χ1n) is 14.0. The summed E-state index contributed by atoms with van der Waals surface area (Å²) in [4.78, 5) is 30.8. The first kappa shape index (κ1) is 30.8. The van der Waals surface area contributed by atoms with Crippen LogP contribution in [0.3, 0.4) is 0 Å². The number of halogens is 3. The second-order valence-corrected chi connectivity index (χ2v) is 11.0. The van der Waals surface area contributed by atoms with Crippen LogP contribution in [0.15, 0.2) is 48.7 Å². The Morgan fingerprint density at radius 2 is 1.91 bits per heavy atom.